The van der Waals surface area contributed by atoms with Crippen LogP contribution in [0.2, 0.25) is 0 Å². The molecule has 0 spiro atoms. The third-order valence-electron chi connectivity index (χ3n) is 4.05. The van der Waals surface area contributed by atoms with Gasteiger partial charge in [0.15, 0.2) is 5.43 Å². The van der Waals surface area contributed by atoms with Crippen molar-refractivity contribution in [3.63, 3.8) is 0 Å². The topological polar surface area (TPSA) is 99.3 Å². The molecule has 1 aromatic heterocycles. The number of hydrogen-bond donors (Lipinski definition) is 3. The van der Waals surface area contributed by atoms with E-state index in [1.807, 2.05) is 0 Å². The standard InChI is InChI=1S/C15H20N2O4/c1-9-6-13(18)12(8-16-9)14(19)17-7-10-4-2-3-5-11(10)15(20)21/h6,8,10-11H,2-5,7H2,1H3,(H,16,18)(H,17,19)(H,20,21). The Morgan fingerprint density at radius 1 is 1.38 bits per heavy atom. The van der Waals surface area contributed by atoms with Crippen molar-refractivity contribution in [1.29, 1.82) is 0 Å². The van der Waals surface area contributed by atoms with Crippen LogP contribution in [0.1, 0.15) is 41.7 Å². The number of carboxylic acids is 1. The summed E-state index contributed by atoms with van der Waals surface area (Å²) in [6, 6.07) is 1.37. The van der Waals surface area contributed by atoms with Gasteiger partial charge in [-0.05, 0) is 25.7 Å². The van der Waals surface area contributed by atoms with Crippen molar-refractivity contribution in [2.45, 2.75) is 32.6 Å². The molecule has 1 heterocycles. The molecule has 2 unspecified atom stereocenters. The summed E-state index contributed by atoms with van der Waals surface area (Å²) in [5.74, 6) is -1.73. The van der Waals surface area contributed by atoms with Crippen LogP contribution in [0.5, 0.6) is 0 Å². The molecule has 0 radical (unpaired) electrons. The molecule has 0 saturated heterocycles. The largest absolute Gasteiger partial charge is 0.481 e. The molecule has 1 amide bonds. The van der Waals surface area contributed by atoms with Crippen LogP contribution in [-0.2, 0) is 4.79 Å². The highest BCUT2D eigenvalue weighted by molar-refractivity contribution is 5.93. The highest BCUT2D eigenvalue weighted by atomic mass is 16.4. The minimum atomic E-state index is -0.804. The van der Waals surface area contributed by atoms with E-state index < -0.39 is 17.8 Å². The third-order valence-corrected chi connectivity index (χ3v) is 4.05. The summed E-state index contributed by atoms with van der Waals surface area (Å²) in [7, 11) is 0. The summed E-state index contributed by atoms with van der Waals surface area (Å²) in [4.78, 5) is 37.8. The second-order valence-electron chi connectivity index (χ2n) is 5.59. The lowest BCUT2D eigenvalue weighted by molar-refractivity contribution is -0.144. The van der Waals surface area contributed by atoms with Crippen LogP contribution in [0.25, 0.3) is 0 Å². The van der Waals surface area contributed by atoms with Crippen LogP contribution in [-0.4, -0.2) is 28.5 Å². The van der Waals surface area contributed by atoms with E-state index in [-0.39, 0.29) is 16.9 Å². The molecule has 0 aliphatic heterocycles. The zero-order valence-corrected chi connectivity index (χ0v) is 12.0. The number of carbonyl (C=O) groups is 2. The highest BCUT2D eigenvalue weighted by Gasteiger charge is 2.30. The first-order valence-electron chi connectivity index (χ1n) is 7.19. The van der Waals surface area contributed by atoms with Crippen LogP contribution >= 0.6 is 0 Å². The van der Waals surface area contributed by atoms with Gasteiger partial charge >= 0.3 is 5.97 Å². The number of aromatic amines is 1. The summed E-state index contributed by atoms with van der Waals surface area (Å²) >= 11 is 0. The van der Waals surface area contributed by atoms with E-state index >= 15 is 0 Å². The maximum atomic E-state index is 12.0. The summed E-state index contributed by atoms with van der Waals surface area (Å²) in [6.45, 7) is 2.03. The van der Waals surface area contributed by atoms with Gasteiger partial charge in [0.1, 0.15) is 5.56 Å². The Morgan fingerprint density at radius 2 is 2.10 bits per heavy atom. The summed E-state index contributed by atoms with van der Waals surface area (Å²) in [6.07, 6.45) is 4.74. The van der Waals surface area contributed by atoms with Crippen LogP contribution in [0.4, 0.5) is 0 Å². The van der Waals surface area contributed by atoms with Crippen LogP contribution < -0.4 is 10.7 Å². The van der Waals surface area contributed by atoms with Gasteiger partial charge in [-0.2, -0.15) is 0 Å². The van der Waals surface area contributed by atoms with Gasteiger partial charge in [-0.25, -0.2) is 0 Å². The smallest absolute Gasteiger partial charge is 0.306 e. The lowest BCUT2D eigenvalue weighted by Gasteiger charge is -2.28. The lowest BCUT2D eigenvalue weighted by atomic mass is 9.79. The molecule has 21 heavy (non-hydrogen) atoms. The average molecular weight is 292 g/mol. The van der Waals surface area contributed by atoms with E-state index in [0.29, 0.717) is 18.7 Å². The van der Waals surface area contributed by atoms with Gasteiger partial charge in [0.05, 0.1) is 5.92 Å². The normalized spacial score (nSPS) is 21.8. The molecule has 0 aromatic carbocycles. The molecule has 1 saturated carbocycles. The van der Waals surface area contributed by atoms with E-state index in [1.54, 1.807) is 6.92 Å². The zero-order chi connectivity index (χ0) is 15.4. The molecular weight excluding hydrogens is 272 g/mol. The number of pyridine rings is 1. The SMILES string of the molecule is Cc1cc(=O)c(C(=O)NCC2CCCCC2C(=O)O)c[nH]1. The Morgan fingerprint density at radius 3 is 2.76 bits per heavy atom. The number of aromatic nitrogens is 1. The van der Waals surface area contributed by atoms with Crippen molar-refractivity contribution in [2.24, 2.45) is 11.8 Å². The maximum Gasteiger partial charge on any atom is 0.306 e. The van der Waals surface area contributed by atoms with Crippen molar-refractivity contribution in [3.05, 3.63) is 33.7 Å². The van der Waals surface area contributed by atoms with Crippen LogP contribution in [0.15, 0.2) is 17.1 Å². The minimum absolute atomic E-state index is 0.0586. The Bertz CT molecular complexity index is 594. The Labute approximate surface area is 122 Å². The number of amides is 1. The predicted molar refractivity (Wildman–Crippen MR) is 77.2 cm³/mol. The average Bonchev–Trinajstić information content (AvgIpc) is 2.45. The Kier molecular flexibility index (Phi) is 4.77. The number of carbonyl (C=O) groups excluding carboxylic acids is 1. The molecule has 1 aromatic rings. The van der Waals surface area contributed by atoms with Gasteiger partial charge in [0.25, 0.3) is 5.91 Å². The first kappa shape index (κ1) is 15.3. The van der Waals surface area contributed by atoms with E-state index in [2.05, 4.69) is 10.3 Å². The first-order chi connectivity index (χ1) is 9.99. The Balaban J connectivity index is 2.00. The number of aliphatic carboxylic acids is 1. The van der Waals surface area contributed by atoms with Crippen LogP contribution in [0, 0.1) is 18.8 Å². The van der Waals surface area contributed by atoms with Gasteiger partial charge < -0.3 is 15.4 Å². The summed E-state index contributed by atoms with van der Waals surface area (Å²) in [5, 5.41) is 11.9. The van der Waals surface area contributed by atoms with Gasteiger partial charge in [0, 0.05) is 24.5 Å². The quantitative estimate of drug-likeness (QED) is 0.779. The molecule has 6 heteroatoms. The molecule has 114 valence electrons. The molecule has 0 bridgehead atoms. The molecule has 1 fully saturated rings. The number of aryl methyl sites for hydroxylation is 1. The fraction of sp³-hybridized carbons (Fsp3) is 0.533. The maximum absolute atomic E-state index is 12.0. The van der Waals surface area contributed by atoms with Gasteiger partial charge in [-0.1, -0.05) is 12.8 Å². The molecule has 2 rings (SSSR count). The molecule has 6 nitrogen and oxygen atoms in total. The van der Waals surface area contributed by atoms with Gasteiger partial charge in [-0.3, -0.25) is 14.4 Å². The molecule has 1 aliphatic carbocycles. The van der Waals surface area contributed by atoms with Crippen molar-refractivity contribution in [2.75, 3.05) is 6.54 Å². The lowest BCUT2D eigenvalue weighted by Crippen LogP contribution is -2.38. The third kappa shape index (κ3) is 3.71. The monoisotopic (exact) mass is 292 g/mol. The number of hydrogen-bond acceptors (Lipinski definition) is 3. The summed E-state index contributed by atoms with van der Waals surface area (Å²) in [5.41, 5.74) is 0.417. The number of carboxylic acid groups (broad SMARTS) is 1. The van der Waals surface area contributed by atoms with Gasteiger partial charge in [-0.15, -0.1) is 0 Å². The highest BCUT2D eigenvalue weighted by Crippen LogP contribution is 2.29. The van der Waals surface area contributed by atoms with Gasteiger partial charge in [0.2, 0.25) is 0 Å². The van der Waals surface area contributed by atoms with Crippen molar-refractivity contribution >= 4 is 11.9 Å². The minimum Gasteiger partial charge on any atom is -0.481 e. The van der Waals surface area contributed by atoms with E-state index in [1.165, 1.54) is 12.3 Å². The second kappa shape index (κ2) is 6.56. The molecule has 2 atom stereocenters. The van der Waals surface area contributed by atoms with E-state index in [4.69, 9.17) is 0 Å². The number of H-pyrrole nitrogens is 1. The van der Waals surface area contributed by atoms with Crippen molar-refractivity contribution < 1.29 is 14.7 Å². The molecular formula is C15H20N2O4. The first-order valence-corrected chi connectivity index (χ1v) is 7.19. The Hall–Kier alpha value is -2.11. The van der Waals surface area contributed by atoms with Crippen LogP contribution in [0.3, 0.4) is 0 Å². The van der Waals surface area contributed by atoms with Crippen molar-refractivity contribution in [1.82, 2.24) is 10.3 Å². The molecule has 1 aliphatic rings. The predicted octanol–water partition coefficient (Wildman–Crippen LogP) is 1.30. The zero-order valence-electron chi connectivity index (χ0n) is 12.0. The second-order valence-corrected chi connectivity index (χ2v) is 5.59. The fourth-order valence-corrected chi connectivity index (χ4v) is 2.85. The fourth-order valence-electron chi connectivity index (χ4n) is 2.85. The van der Waals surface area contributed by atoms with E-state index in [0.717, 1.165) is 19.3 Å². The number of nitrogens with one attached hydrogen (secondary N) is 2. The van der Waals surface area contributed by atoms with Crippen molar-refractivity contribution in [3.8, 4) is 0 Å². The van der Waals surface area contributed by atoms with E-state index in [9.17, 15) is 19.5 Å². The number of rotatable bonds is 4. The molecule has 3 N–H and O–H groups in total. The summed E-state index contributed by atoms with van der Waals surface area (Å²) < 4.78 is 0.